The second-order valence-corrected chi connectivity index (χ2v) is 9.08. The minimum Gasteiger partial charge on any atom is -0.493 e. The third kappa shape index (κ3) is 6.18. The molecule has 2 heterocycles. The van der Waals surface area contributed by atoms with E-state index in [1.165, 1.54) is 0 Å². The lowest BCUT2D eigenvalue weighted by Crippen LogP contribution is -2.36. The molecule has 4 rings (SSSR count). The number of ether oxygens (including phenoxy) is 3. The van der Waals surface area contributed by atoms with Crippen LogP contribution in [-0.2, 0) is 11.3 Å². The van der Waals surface area contributed by atoms with Crippen LogP contribution in [0.1, 0.15) is 18.2 Å². The van der Waals surface area contributed by atoms with Gasteiger partial charge in [-0.05, 0) is 42.8 Å². The van der Waals surface area contributed by atoms with E-state index in [2.05, 4.69) is 15.6 Å². The molecule has 0 unspecified atom stereocenters. The number of aromatic nitrogens is 2. The first-order valence-corrected chi connectivity index (χ1v) is 12.6. The quantitative estimate of drug-likeness (QED) is 0.139. The molecule has 0 aliphatic carbocycles. The smallest absolute Gasteiger partial charge is 0.206 e. The predicted molar refractivity (Wildman–Crippen MR) is 139 cm³/mol. The Morgan fingerprint density at radius 3 is 2.55 bits per heavy atom. The van der Waals surface area contributed by atoms with E-state index < -0.39 is 31.1 Å². The highest BCUT2D eigenvalue weighted by Crippen LogP contribution is 2.35. The second-order valence-electron chi connectivity index (χ2n) is 9.08. The molecule has 0 amide bonds. The molecule has 1 aromatic heterocycles. The molecule has 1 aliphatic heterocycles. The van der Waals surface area contributed by atoms with Gasteiger partial charge in [0.15, 0.2) is 17.7 Å². The van der Waals surface area contributed by atoms with Crippen LogP contribution in [0.15, 0.2) is 42.5 Å². The standard InChI is InChI=1S/C26H36N4O8/c1-36-20-8-7-16(11-21(20)37-10-4-9-27-17(13-31)14-32)12-28-26-29-18-5-2-3-6-19(18)30(26)25-24(35)23(34)22(15-33)38-25/h2-3,5-8,11,17,22-25,27,31-35H,4,9-10,12-15H2,1H3,(H,28,29)/t22-,23-,24-,25-/m1/s1. The maximum absolute atomic E-state index is 10.7. The summed E-state index contributed by atoms with van der Waals surface area (Å²) in [5, 5.41) is 55.1. The van der Waals surface area contributed by atoms with Crippen molar-refractivity contribution in [3.63, 3.8) is 0 Å². The zero-order valence-corrected chi connectivity index (χ0v) is 21.2. The number of benzene rings is 2. The van der Waals surface area contributed by atoms with Crippen molar-refractivity contribution in [1.29, 1.82) is 0 Å². The number of hydrogen-bond acceptors (Lipinski definition) is 11. The van der Waals surface area contributed by atoms with Gasteiger partial charge in [-0.2, -0.15) is 0 Å². The second kappa shape index (κ2) is 13.2. The summed E-state index contributed by atoms with van der Waals surface area (Å²) in [4.78, 5) is 4.66. The first-order chi connectivity index (χ1) is 18.5. The molecule has 1 saturated heterocycles. The average molecular weight is 533 g/mol. The normalized spacial score (nSPS) is 21.3. The van der Waals surface area contributed by atoms with Crippen LogP contribution in [0.25, 0.3) is 11.0 Å². The van der Waals surface area contributed by atoms with E-state index in [4.69, 9.17) is 24.4 Å². The molecule has 2 aromatic carbocycles. The third-order valence-corrected chi connectivity index (χ3v) is 6.50. The molecule has 12 nitrogen and oxygen atoms in total. The Hall–Kier alpha value is -2.97. The molecule has 12 heteroatoms. The fourth-order valence-electron chi connectivity index (χ4n) is 4.39. The molecule has 3 aromatic rings. The Morgan fingerprint density at radius 2 is 1.84 bits per heavy atom. The van der Waals surface area contributed by atoms with Crippen molar-refractivity contribution < 1.29 is 39.7 Å². The van der Waals surface area contributed by atoms with E-state index in [0.717, 1.165) is 5.56 Å². The topological polar surface area (TPSA) is 171 Å². The van der Waals surface area contributed by atoms with Crippen LogP contribution in [-0.4, -0.2) is 99.5 Å². The molecular formula is C26H36N4O8. The molecular weight excluding hydrogens is 496 g/mol. The fourth-order valence-corrected chi connectivity index (χ4v) is 4.39. The lowest BCUT2D eigenvalue weighted by Gasteiger charge is -2.20. The van der Waals surface area contributed by atoms with Crippen molar-refractivity contribution in [3.8, 4) is 11.5 Å². The molecule has 208 valence electrons. The predicted octanol–water partition coefficient (Wildman–Crippen LogP) is -0.0198. The molecule has 0 saturated carbocycles. The van der Waals surface area contributed by atoms with Gasteiger partial charge in [-0.15, -0.1) is 0 Å². The van der Waals surface area contributed by atoms with Gasteiger partial charge in [-0.1, -0.05) is 18.2 Å². The van der Waals surface area contributed by atoms with Crippen LogP contribution < -0.4 is 20.1 Å². The maximum atomic E-state index is 10.7. The van der Waals surface area contributed by atoms with E-state index in [0.29, 0.717) is 54.6 Å². The highest BCUT2D eigenvalue weighted by atomic mass is 16.6. The number of methoxy groups -OCH3 is 1. The summed E-state index contributed by atoms with van der Waals surface area (Å²) in [6, 6.07) is 12.6. The van der Waals surface area contributed by atoms with Crippen molar-refractivity contribution in [2.75, 3.05) is 45.4 Å². The molecule has 7 N–H and O–H groups in total. The van der Waals surface area contributed by atoms with Gasteiger partial charge in [0.2, 0.25) is 5.95 Å². The number of hydrogen-bond donors (Lipinski definition) is 7. The van der Waals surface area contributed by atoms with E-state index in [-0.39, 0.29) is 19.3 Å². The van der Waals surface area contributed by atoms with E-state index >= 15 is 0 Å². The summed E-state index contributed by atoms with van der Waals surface area (Å²) in [5.41, 5.74) is 2.28. The Kier molecular flexibility index (Phi) is 9.74. The minimum atomic E-state index is -1.24. The maximum Gasteiger partial charge on any atom is 0.206 e. The fraction of sp³-hybridized carbons (Fsp3) is 0.500. The van der Waals surface area contributed by atoms with Gasteiger partial charge in [0.25, 0.3) is 0 Å². The molecule has 0 spiro atoms. The Morgan fingerprint density at radius 1 is 1.05 bits per heavy atom. The van der Waals surface area contributed by atoms with E-state index in [9.17, 15) is 15.3 Å². The van der Waals surface area contributed by atoms with Crippen molar-refractivity contribution in [3.05, 3.63) is 48.0 Å². The van der Waals surface area contributed by atoms with Gasteiger partial charge in [0, 0.05) is 6.54 Å². The molecule has 1 aliphatic rings. The highest BCUT2D eigenvalue weighted by Gasteiger charge is 2.44. The number of aliphatic hydroxyl groups excluding tert-OH is 5. The molecule has 0 radical (unpaired) electrons. The minimum absolute atomic E-state index is 0.136. The zero-order chi connectivity index (χ0) is 27.1. The Balaban J connectivity index is 1.47. The van der Waals surface area contributed by atoms with Gasteiger partial charge in [0.05, 0.1) is 50.6 Å². The number of anilines is 1. The van der Waals surface area contributed by atoms with Crippen LogP contribution in [0, 0.1) is 0 Å². The van der Waals surface area contributed by atoms with Crippen molar-refractivity contribution in [1.82, 2.24) is 14.9 Å². The lowest BCUT2D eigenvalue weighted by molar-refractivity contribution is -0.0499. The first kappa shape index (κ1) is 28.0. The summed E-state index contributed by atoms with van der Waals surface area (Å²) in [7, 11) is 1.57. The van der Waals surface area contributed by atoms with E-state index in [1.54, 1.807) is 11.7 Å². The molecule has 0 bridgehead atoms. The summed E-state index contributed by atoms with van der Waals surface area (Å²) in [6.45, 7) is 0.662. The lowest BCUT2D eigenvalue weighted by atomic mass is 10.1. The summed E-state index contributed by atoms with van der Waals surface area (Å²) >= 11 is 0. The number of aliphatic hydroxyl groups is 5. The average Bonchev–Trinajstić information content (AvgIpc) is 3.45. The summed E-state index contributed by atoms with van der Waals surface area (Å²) in [6.07, 6.45) is -3.65. The van der Waals surface area contributed by atoms with E-state index in [1.807, 2.05) is 42.5 Å². The number of nitrogens with one attached hydrogen (secondary N) is 2. The first-order valence-electron chi connectivity index (χ1n) is 12.6. The largest absolute Gasteiger partial charge is 0.493 e. The van der Waals surface area contributed by atoms with Gasteiger partial charge >= 0.3 is 0 Å². The Bertz CT molecular complexity index is 1170. The van der Waals surface area contributed by atoms with Gasteiger partial charge in [-0.3, -0.25) is 4.57 Å². The van der Waals surface area contributed by atoms with Gasteiger partial charge in [0.1, 0.15) is 18.3 Å². The summed E-state index contributed by atoms with van der Waals surface area (Å²) < 4.78 is 18.8. The van der Waals surface area contributed by atoms with Gasteiger partial charge < -0.3 is 50.4 Å². The number of fused-ring (bicyclic) bond motifs is 1. The molecule has 1 fully saturated rings. The van der Waals surface area contributed by atoms with Crippen LogP contribution in [0.5, 0.6) is 11.5 Å². The number of nitrogens with zero attached hydrogens (tertiary/aromatic N) is 2. The Labute approximate surface area is 220 Å². The number of rotatable bonds is 14. The van der Waals surface area contributed by atoms with Gasteiger partial charge in [-0.25, -0.2) is 4.98 Å². The monoisotopic (exact) mass is 532 g/mol. The van der Waals surface area contributed by atoms with Crippen LogP contribution in [0.4, 0.5) is 5.95 Å². The highest BCUT2D eigenvalue weighted by molar-refractivity contribution is 5.78. The van der Waals surface area contributed by atoms with Crippen LogP contribution >= 0.6 is 0 Å². The number of para-hydroxylation sites is 2. The van der Waals surface area contributed by atoms with Crippen molar-refractivity contribution in [2.24, 2.45) is 0 Å². The SMILES string of the molecule is COc1ccc(CNc2nc3ccccc3n2[C@@H]2O[C@H](CO)[C@@H](O)[C@H]2O)cc1OCCCNC(CO)CO. The zero-order valence-electron chi connectivity index (χ0n) is 21.2. The number of imidazole rings is 1. The van der Waals surface area contributed by atoms with Crippen LogP contribution in [0.3, 0.4) is 0 Å². The molecule has 38 heavy (non-hydrogen) atoms. The van der Waals surface area contributed by atoms with Crippen LogP contribution in [0.2, 0.25) is 0 Å². The van der Waals surface area contributed by atoms with Crippen molar-refractivity contribution >= 4 is 17.0 Å². The van der Waals surface area contributed by atoms with Crippen molar-refractivity contribution in [2.45, 2.75) is 43.5 Å². The summed E-state index contributed by atoms with van der Waals surface area (Å²) in [5.74, 6) is 1.60. The molecule has 4 atom stereocenters. The third-order valence-electron chi connectivity index (χ3n) is 6.50.